The van der Waals surface area contributed by atoms with Crippen molar-refractivity contribution >= 4 is 45.8 Å². The number of aromatic amines is 2. The van der Waals surface area contributed by atoms with Gasteiger partial charge in [-0.2, -0.15) is 0 Å². The Labute approximate surface area is 373 Å². The predicted molar refractivity (Wildman–Crippen MR) is 241 cm³/mol. The molecule has 4 amide bonds. The monoisotopic (exact) mass is 876 g/mol. The maximum atomic E-state index is 14.2. The number of methoxy groups -OCH3 is 3. The van der Waals surface area contributed by atoms with Crippen LogP contribution in [-0.4, -0.2) is 107 Å². The number of fused-ring (bicyclic) bond motifs is 6. The van der Waals surface area contributed by atoms with Gasteiger partial charge < -0.3 is 49.3 Å². The number of nitrogens with zero attached hydrogens (tertiary/aromatic N) is 4. The van der Waals surface area contributed by atoms with Crippen molar-refractivity contribution in [2.75, 3.05) is 41.0 Å². The number of hydrogen-bond donors (Lipinski definition) is 4. The molecule has 2 aromatic heterocycles. The second-order valence-electron chi connectivity index (χ2n) is 17.9. The molecule has 0 radical (unpaired) electrons. The smallest absolute Gasteiger partial charge is 0.407 e. The first-order valence-corrected chi connectivity index (χ1v) is 22.4. The molecule has 64 heavy (non-hydrogen) atoms. The van der Waals surface area contributed by atoms with Gasteiger partial charge in [-0.05, 0) is 76.9 Å². The van der Waals surface area contributed by atoms with Crippen LogP contribution in [0.2, 0.25) is 0 Å². The summed E-state index contributed by atoms with van der Waals surface area (Å²) in [4.78, 5) is 73.4. The second-order valence-corrected chi connectivity index (χ2v) is 17.9. The summed E-state index contributed by atoms with van der Waals surface area (Å²) in [7, 11) is 4.26. The average Bonchev–Trinajstić information content (AvgIpc) is 4.14. The molecule has 5 heterocycles. The number of hydrogen-bond acceptors (Lipinski definition) is 10. The zero-order valence-electron chi connectivity index (χ0n) is 37.9. The second kappa shape index (κ2) is 18.5. The summed E-state index contributed by atoms with van der Waals surface area (Å²) in [5.74, 6) is 2.00. The highest BCUT2D eigenvalue weighted by Gasteiger charge is 2.43. The number of rotatable bonds is 13. The van der Waals surface area contributed by atoms with Crippen molar-refractivity contribution in [3.05, 3.63) is 65.9 Å². The Hall–Kier alpha value is -6.16. The topological polar surface area (TPSA) is 193 Å². The van der Waals surface area contributed by atoms with Gasteiger partial charge in [0.25, 0.3) is 0 Å². The molecule has 16 nitrogen and oxygen atoms in total. The Kier molecular flexibility index (Phi) is 12.9. The fourth-order valence-corrected chi connectivity index (χ4v) is 9.71. The van der Waals surface area contributed by atoms with Crippen molar-refractivity contribution in [1.29, 1.82) is 0 Å². The van der Waals surface area contributed by atoms with Gasteiger partial charge in [0.1, 0.15) is 36.1 Å². The number of aromatic nitrogens is 4. The molecule has 0 saturated carbocycles. The van der Waals surface area contributed by atoms with Crippen LogP contribution in [0.5, 0.6) is 5.75 Å². The normalized spacial score (nSPS) is 21.1. The number of H-pyrrole nitrogens is 2. The molecule has 0 spiro atoms. The van der Waals surface area contributed by atoms with E-state index in [1.54, 1.807) is 7.11 Å². The number of carbonyl (C=O) groups excluding carboxylic acids is 4. The minimum absolute atomic E-state index is 0.0792. The molecule has 5 aromatic rings. The van der Waals surface area contributed by atoms with Gasteiger partial charge in [-0.1, -0.05) is 65.7 Å². The first-order chi connectivity index (χ1) is 30.8. The van der Waals surface area contributed by atoms with Crippen LogP contribution >= 0.6 is 0 Å². The molecule has 1 unspecified atom stereocenters. The van der Waals surface area contributed by atoms with Crippen molar-refractivity contribution in [3.8, 4) is 28.1 Å². The highest BCUT2D eigenvalue weighted by molar-refractivity contribution is 6.07. The maximum absolute atomic E-state index is 14.2. The molecule has 16 heteroatoms. The van der Waals surface area contributed by atoms with E-state index in [9.17, 15) is 19.2 Å². The van der Waals surface area contributed by atoms with Crippen LogP contribution in [0.4, 0.5) is 9.59 Å². The van der Waals surface area contributed by atoms with Crippen LogP contribution in [0.1, 0.15) is 89.6 Å². The summed E-state index contributed by atoms with van der Waals surface area (Å²) in [5.41, 5.74) is 6.52. The molecule has 2 saturated heterocycles. The van der Waals surface area contributed by atoms with E-state index in [4.69, 9.17) is 28.9 Å². The third-order valence-corrected chi connectivity index (χ3v) is 13.6. The van der Waals surface area contributed by atoms with Crippen LogP contribution in [0, 0.1) is 23.7 Å². The lowest BCUT2D eigenvalue weighted by atomic mass is 9.92. The minimum atomic E-state index is -0.748. The van der Waals surface area contributed by atoms with Crippen molar-refractivity contribution in [2.24, 2.45) is 23.7 Å². The van der Waals surface area contributed by atoms with E-state index < -0.39 is 24.3 Å². The number of benzene rings is 3. The Morgan fingerprint density at radius 3 is 2.16 bits per heavy atom. The van der Waals surface area contributed by atoms with Gasteiger partial charge in [0.2, 0.25) is 11.8 Å². The van der Waals surface area contributed by atoms with E-state index in [2.05, 4.69) is 63.9 Å². The molecule has 3 aliphatic heterocycles. The van der Waals surface area contributed by atoms with Crippen molar-refractivity contribution in [1.82, 2.24) is 40.4 Å². The molecule has 3 aliphatic rings. The van der Waals surface area contributed by atoms with E-state index in [0.717, 1.165) is 68.3 Å². The lowest BCUT2D eigenvalue weighted by Gasteiger charge is -2.30. The number of amides is 4. The molecule has 8 rings (SSSR count). The standard InChI is InChI=1S/C48H60N8O8/c1-9-26(4)40(53-47(59)62-7)45(57)55-21-25(3)15-37(55)43-49-20-36(51-43)30-11-13-32-31(17-30)24-64-39-19-33-29(18-34(32)39)12-14-35-42(33)52-44(50-35)38-16-28(23-61-6)22-56(38)46(58)41(27(5)10-2)54-48(60)63-8/h11-14,17-20,25-28,37-38,40-41H,9-10,15-16,21-24H2,1-8H3,(H,49,51)(H,50,52)(H,53,59)(H,54,60)/t25-,26+,27+,28-,37-,38-,40-,41?/m0/s1. The number of ether oxygens (including phenoxy) is 4. The number of likely N-dealkylation sites (tertiary alicyclic amines) is 2. The number of alkyl carbamates (subject to hydrolysis) is 2. The van der Waals surface area contributed by atoms with Crippen LogP contribution in [0.3, 0.4) is 0 Å². The lowest BCUT2D eigenvalue weighted by molar-refractivity contribution is -0.136. The SMILES string of the molecule is CC[C@@H](C)C(NC(=O)OC)C(=O)N1C[C@@H](COC)C[C@H]1c1nc2c(ccc3cc4c(cc32)OCc2cc(-c3cnc([C@@H]5C[C@H](C)CN5C(=O)[C@@H](NC(=O)OC)[C@H](C)CC)[nH]3)ccc2-4)[nH]1. The van der Waals surface area contributed by atoms with E-state index >= 15 is 0 Å². The third kappa shape index (κ3) is 8.47. The maximum Gasteiger partial charge on any atom is 0.407 e. The lowest BCUT2D eigenvalue weighted by Crippen LogP contribution is -2.51. The van der Waals surface area contributed by atoms with Crippen LogP contribution in [-0.2, 0) is 30.4 Å². The molecule has 0 bridgehead atoms. The Balaban J connectivity index is 1.05. The molecular formula is C48H60N8O8. The van der Waals surface area contributed by atoms with Gasteiger partial charge in [-0.15, -0.1) is 0 Å². The molecule has 0 aliphatic carbocycles. The zero-order chi connectivity index (χ0) is 45.4. The average molecular weight is 877 g/mol. The van der Waals surface area contributed by atoms with Crippen LogP contribution in [0.25, 0.3) is 44.2 Å². The highest BCUT2D eigenvalue weighted by Crippen LogP contribution is 2.44. The van der Waals surface area contributed by atoms with Crippen molar-refractivity contribution < 1.29 is 38.1 Å². The number of nitrogens with one attached hydrogen (secondary N) is 4. The van der Waals surface area contributed by atoms with Gasteiger partial charge in [0, 0.05) is 37.1 Å². The fourth-order valence-electron chi connectivity index (χ4n) is 9.71. The summed E-state index contributed by atoms with van der Waals surface area (Å²) < 4.78 is 21.7. The van der Waals surface area contributed by atoms with Gasteiger partial charge >= 0.3 is 12.2 Å². The Morgan fingerprint density at radius 1 is 0.828 bits per heavy atom. The van der Waals surface area contributed by atoms with Crippen LogP contribution < -0.4 is 15.4 Å². The first-order valence-electron chi connectivity index (χ1n) is 22.4. The summed E-state index contributed by atoms with van der Waals surface area (Å²) in [6.45, 7) is 11.9. The van der Waals surface area contributed by atoms with E-state index in [1.807, 2.05) is 49.8 Å². The van der Waals surface area contributed by atoms with Gasteiger partial charge in [-0.3, -0.25) is 9.59 Å². The van der Waals surface area contributed by atoms with E-state index in [-0.39, 0.29) is 47.6 Å². The molecule has 8 atom stereocenters. The van der Waals surface area contributed by atoms with Crippen molar-refractivity contribution in [3.63, 3.8) is 0 Å². The van der Waals surface area contributed by atoms with Crippen LogP contribution in [0.15, 0.2) is 48.7 Å². The molecular weight excluding hydrogens is 817 g/mol. The predicted octanol–water partition coefficient (Wildman–Crippen LogP) is 7.65. The Bertz CT molecular complexity index is 2550. The Morgan fingerprint density at radius 2 is 1.50 bits per heavy atom. The van der Waals surface area contributed by atoms with E-state index in [1.165, 1.54) is 14.2 Å². The molecule has 4 N–H and O–H groups in total. The van der Waals surface area contributed by atoms with Gasteiger partial charge in [-0.25, -0.2) is 19.6 Å². The fraction of sp³-hybridized carbons (Fsp3) is 0.500. The molecule has 3 aromatic carbocycles. The summed E-state index contributed by atoms with van der Waals surface area (Å²) >= 11 is 0. The minimum Gasteiger partial charge on any atom is -0.488 e. The van der Waals surface area contributed by atoms with E-state index in [0.29, 0.717) is 50.8 Å². The van der Waals surface area contributed by atoms with Gasteiger partial charge in [0.15, 0.2) is 0 Å². The number of carbonyl (C=O) groups is 4. The molecule has 340 valence electrons. The largest absolute Gasteiger partial charge is 0.488 e. The summed E-state index contributed by atoms with van der Waals surface area (Å²) in [5, 5.41) is 7.49. The van der Waals surface area contributed by atoms with Crippen molar-refractivity contribution in [2.45, 2.75) is 91.1 Å². The third-order valence-electron chi connectivity index (χ3n) is 13.6. The van der Waals surface area contributed by atoms with Gasteiger partial charge in [0.05, 0.1) is 55.8 Å². The highest BCUT2D eigenvalue weighted by atomic mass is 16.5. The first kappa shape index (κ1) is 44.4. The number of imidazole rings is 2. The quantitative estimate of drug-likeness (QED) is 0.0913. The zero-order valence-corrected chi connectivity index (χ0v) is 37.9. The molecule has 2 fully saturated rings. The summed E-state index contributed by atoms with van der Waals surface area (Å²) in [6.07, 6.45) is 3.38. The summed E-state index contributed by atoms with van der Waals surface area (Å²) in [6, 6.07) is 12.6.